The van der Waals surface area contributed by atoms with E-state index in [4.69, 9.17) is 0 Å². The molecule has 0 fully saturated rings. The minimum Gasteiger partial charge on any atom is -0.480 e. The third kappa shape index (κ3) is 3.52. The fourth-order valence-corrected chi connectivity index (χ4v) is 2.44. The van der Waals surface area contributed by atoms with Crippen LogP contribution in [0, 0.1) is 13.8 Å². The molecule has 0 aliphatic rings. The average Bonchev–Trinajstić information content (AvgIpc) is 2.51. The number of rotatable bonds is 6. The largest absolute Gasteiger partial charge is 0.480 e. The lowest BCUT2D eigenvalue weighted by Gasteiger charge is -2.27. The lowest BCUT2D eigenvalue weighted by Crippen LogP contribution is -2.42. The SMILES string of the molecule is Cc1ccc(C)c(N(C=O)C(Cc2ccccc2)C(=O)O)c1. The Balaban J connectivity index is 2.38. The molecular weight excluding hydrogens is 278 g/mol. The summed E-state index contributed by atoms with van der Waals surface area (Å²) in [6.45, 7) is 3.78. The van der Waals surface area contributed by atoms with E-state index in [9.17, 15) is 14.7 Å². The van der Waals surface area contributed by atoms with E-state index >= 15 is 0 Å². The molecule has 1 N–H and O–H groups in total. The second-order valence-electron chi connectivity index (χ2n) is 5.35. The van der Waals surface area contributed by atoms with Gasteiger partial charge in [-0.1, -0.05) is 42.5 Å². The summed E-state index contributed by atoms with van der Waals surface area (Å²) in [4.78, 5) is 24.5. The van der Waals surface area contributed by atoms with Gasteiger partial charge in [0.1, 0.15) is 6.04 Å². The predicted octanol–water partition coefficient (Wildman–Crippen LogP) is 2.96. The van der Waals surface area contributed by atoms with Gasteiger partial charge in [-0.25, -0.2) is 4.79 Å². The Bertz CT molecular complexity index is 667. The minimum absolute atomic E-state index is 0.266. The zero-order chi connectivity index (χ0) is 16.1. The van der Waals surface area contributed by atoms with Gasteiger partial charge in [-0.15, -0.1) is 0 Å². The number of anilines is 1. The maximum Gasteiger partial charge on any atom is 0.327 e. The number of carbonyl (C=O) groups is 2. The fourth-order valence-electron chi connectivity index (χ4n) is 2.44. The molecule has 2 aromatic carbocycles. The quantitative estimate of drug-likeness (QED) is 0.834. The summed E-state index contributed by atoms with van der Waals surface area (Å²) >= 11 is 0. The highest BCUT2D eigenvalue weighted by atomic mass is 16.4. The Morgan fingerprint density at radius 1 is 1.18 bits per heavy atom. The van der Waals surface area contributed by atoms with E-state index in [0.717, 1.165) is 16.7 Å². The zero-order valence-corrected chi connectivity index (χ0v) is 12.7. The van der Waals surface area contributed by atoms with Crippen LogP contribution in [-0.2, 0) is 16.0 Å². The van der Waals surface area contributed by atoms with Gasteiger partial charge in [0.15, 0.2) is 0 Å². The smallest absolute Gasteiger partial charge is 0.327 e. The Morgan fingerprint density at radius 3 is 2.45 bits per heavy atom. The molecule has 0 aromatic heterocycles. The zero-order valence-electron chi connectivity index (χ0n) is 12.7. The summed E-state index contributed by atoms with van der Waals surface area (Å²) < 4.78 is 0. The number of hydrogen-bond donors (Lipinski definition) is 1. The van der Waals surface area contributed by atoms with Crippen molar-refractivity contribution in [3.8, 4) is 0 Å². The van der Waals surface area contributed by atoms with Gasteiger partial charge in [0.05, 0.1) is 0 Å². The van der Waals surface area contributed by atoms with Crippen LogP contribution in [-0.4, -0.2) is 23.5 Å². The fraction of sp³-hybridized carbons (Fsp3) is 0.222. The molecule has 4 heteroatoms. The highest BCUT2D eigenvalue weighted by Gasteiger charge is 2.27. The van der Waals surface area contributed by atoms with Crippen LogP contribution in [0.3, 0.4) is 0 Å². The Hall–Kier alpha value is -2.62. The maximum absolute atomic E-state index is 11.7. The van der Waals surface area contributed by atoms with Gasteiger partial charge < -0.3 is 10.0 Å². The molecule has 0 saturated heterocycles. The average molecular weight is 297 g/mol. The number of hydrogen-bond acceptors (Lipinski definition) is 2. The van der Waals surface area contributed by atoms with Crippen LogP contribution in [0.1, 0.15) is 16.7 Å². The maximum atomic E-state index is 11.7. The molecule has 1 unspecified atom stereocenters. The molecule has 0 radical (unpaired) electrons. The summed E-state index contributed by atoms with van der Waals surface area (Å²) in [6, 6.07) is 14.1. The van der Waals surface area contributed by atoms with E-state index in [2.05, 4.69) is 0 Å². The predicted molar refractivity (Wildman–Crippen MR) is 86.0 cm³/mol. The van der Waals surface area contributed by atoms with E-state index in [-0.39, 0.29) is 6.42 Å². The van der Waals surface area contributed by atoms with Gasteiger partial charge in [0, 0.05) is 12.1 Å². The highest BCUT2D eigenvalue weighted by Crippen LogP contribution is 2.24. The third-order valence-electron chi connectivity index (χ3n) is 3.65. The lowest BCUT2D eigenvalue weighted by atomic mass is 10.0. The van der Waals surface area contributed by atoms with Crippen LogP contribution in [0.25, 0.3) is 0 Å². The molecule has 1 atom stereocenters. The number of aryl methyl sites for hydroxylation is 2. The van der Waals surface area contributed by atoms with E-state index in [1.807, 2.05) is 62.4 Å². The van der Waals surface area contributed by atoms with E-state index in [1.54, 1.807) is 0 Å². The number of carbonyl (C=O) groups excluding carboxylic acids is 1. The topological polar surface area (TPSA) is 57.6 Å². The van der Waals surface area contributed by atoms with E-state index < -0.39 is 12.0 Å². The second kappa shape index (κ2) is 6.89. The van der Waals surface area contributed by atoms with Gasteiger partial charge >= 0.3 is 5.97 Å². The number of nitrogens with zero attached hydrogens (tertiary/aromatic N) is 1. The third-order valence-corrected chi connectivity index (χ3v) is 3.65. The number of amides is 1. The van der Waals surface area contributed by atoms with Crippen LogP contribution in [0.4, 0.5) is 5.69 Å². The molecule has 0 aliphatic carbocycles. The molecule has 114 valence electrons. The molecule has 0 spiro atoms. The van der Waals surface area contributed by atoms with Crippen molar-refractivity contribution in [1.29, 1.82) is 0 Å². The van der Waals surface area contributed by atoms with Gasteiger partial charge in [0.25, 0.3) is 0 Å². The number of carboxylic acids is 1. The van der Waals surface area contributed by atoms with Gasteiger partial charge in [-0.3, -0.25) is 4.79 Å². The molecule has 22 heavy (non-hydrogen) atoms. The monoisotopic (exact) mass is 297 g/mol. The van der Waals surface area contributed by atoms with Crippen molar-refractivity contribution in [1.82, 2.24) is 0 Å². The van der Waals surface area contributed by atoms with Gasteiger partial charge in [-0.2, -0.15) is 0 Å². The summed E-state index contributed by atoms with van der Waals surface area (Å²) in [5.41, 5.74) is 3.37. The Morgan fingerprint density at radius 2 is 1.86 bits per heavy atom. The molecule has 0 aliphatic heterocycles. The number of aliphatic carboxylic acids is 1. The lowest BCUT2D eigenvalue weighted by molar-refractivity contribution is -0.139. The standard InChI is InChI=1S/C18H19NO3/c1-13-8-9-14(2)16(10-13)19(12-20)17(18(21)22)11-15-6-4-3-5-7-15/h3-10,12,17H,11H2,1-2H3,(H,21,22). The van der Waals surface area contributed by atoms with Gasteiger partial charge in [-0.05, 0) is 36.6 Å². The van der Waals surface area contributed by atoms with Crippen molar-refractivity contribution < 1.29 is 14.7 Å². The molecule has 2 aromatic rings. The summed E-state index contributed by atoms with van der Waals surface area (Å²) in [5.74, 6) is -1.02. The first-order valence-corrected chi connectivity index (χ1v) is 7.10. The number of benzene rings is 2. The molecule has 0 saturated carbocycles. The van der Waals surface area contributed by atoms with Crippen molar-refractivity contribution >= 4 is 18.1 Å². The van der Waals surface area contributed by atoms with Crippen molar-refractivity contribution in [2.45, 2.75) is 26.3 Å². The van der Waals surface area contributed by atoms with Crippen molar-refractivity contribution in [2.75, 3.05) is 4.90 Å². The Labute approximate surface area is 130 Å². The molecule has 1 amide bonds. The van der Waals surface area contributed by atoms with Crippen molar-refractivity contribution in [3.05, 3.63) is 65.2 Å². The molecular formula is C18H19NO3. The van der Waals surface area contributed by atoms with E-state index in [1.165, 1.54) is 4.90 Å². The van der Waals surface area contributed by atoms with Crippen LogP contribution in [0.15, 0.2) is 48.5 Å². The Kier molecular flexibility index (Phi) is 4.94. The first kappa shape index (κ1) is 15.8. The summed E-state index contributed by atoms with van der Waals surface area (Å²) in [7, 11) is 0. The normalized spacial score (nSPS) is 11.7. The van der Waals surface area contributed by atoms with Crippen LogP contribution in [0.2, 0.25) is 0 Å². The van der Waals surface area contributed by atoms with E-state index in [0.29, 0.717) is 12.1 Å². The first-order chi connectivity index (χ1) is 10.5. The molecule has 0 bridgehead atoms. The van der Waals surface area contributed by atoms with Crippen LogP contribution >= 0.6 is 0 Å². The number of carboxylic acid groups (broad SMARTS) is 1. The van der Waals surface area contributed by atoms with Crippen molar-refractivity contribution in [3.63, 3.8) is 0 Å². The molecule has 0 heterocycles. The minimum atomic E-state index is -1.02. The first-order valence-electron chi connectivity index (χ1n) is 7.10. The van der Waals surface area contributed by atoms with Crippen molar-refractivity contribution in [2.24, 2.45) is 0 Å². The molecule has 4 nitrogen and oxygen atoms in total. The van der Waals surface area contributed by atoms with Crippen LogP contribution in [0.5, 0.6) is 0 Å². The molecule has 2 rings (SSSR count). The summed E-state index contributed by atoms with van der Waals surface area (Å²) in [6.07, 6.45) is 0.867. The second-order valence-corrected chi connectivity index (χ2v) is 5.35. The van der Waals surface area contributed by atoms with Gasteiger partial charge in [0.2, 0.25) is 6.41 Å². The highest BCUT2D eigenvalue weighted by molar-refractivity contribution is 5.89. The van der Waals surface area contributed by atoms with Crippen LogP contribution < -0.4 is 4.90 Å². The summed E-state index contributed by atoms with van der Waals surface area (Å²) in [5, 5.41) is 9.56.